The normalized spacial score (nSPS) is 19.8. The number of hydrogen-bond donors (Lipinski definition) is 3. The highest BCUT2D eigenvalue weighted by molar-refractivity contribution is 7.92. The Labute approximate surface area is 253 Å². The standard InChI is InChI=1S/C35H36N4O3S/c1-24-10-9-11-25(2)39(24)23-26-16-18-28(19-17-26)36-34(27-12-5-3-6-13-27)33-31-22-30(20-21-32(31)37-35(33)40)43(41,42)38-29-14-7-4-8-15-29/h3-8,12-22,24-25,36,38H,9-11,23H2,1-2H3,(H,37,40)/b34-33-. The lowest BCUT2D eigenvalue weighted by Gasteiger charge is -2.39. The number of piperidine rings is 1. The number of likely N-dealkylation sites (tertiary alicyclic amines) is 1. The molecule has 2 aliphatic heterocycles. The van der Waals surface area contributed by atoms with E-state index in [1.54, 1.807) is 36.4 Å². The van der Waals surface area contributed by atoms with Crippen molar-refractivity contribution >= 4 is 44.3 Å². The van der Waals surface area contributed by atoms with Gasteiger partial charge in [-0.2, -0.15) is 0 Å². The van der Waals surface area contributed by atoms with Crippen LogP contribution in [0.5, 0.6) is 0 Å². The number of rotatable bonds is 8. The summed E-state index contributed by atoms with van der Waals surface area (Å²) in [5, 5.41) is 6.41. The van der Waals surface area contributed by atoms with Crippen LogP contribution < -0.4 is 15.4 Å². The van der Waals surface area contributed by atoms with Crippen LogP contribution in [-0.2, 0) is 21.4 Å². The van der Waals surface area contributed by atoms with E-state index < -0.39 is 10.0 Å². The fourth-order valence-corrected chi connectivity index (χ4v) is 7.09. The van der Waals surface area contributed by atoms with Gasteiger partial charge in [-0.1, -0.05) is 67.1 Å². The Kier molecular flexibility index (Phi) is 8.06. The Morgan fingerprint density at radius 1 is 0.837 bits per heavy atom. The predicted octanol–water partition coefficient (Wildman–Crippen LogP) is 7.18. The monoisotopic (exact) mass is 592 g/mol. The average Bonchev–Trinajstić information content (AvgIpc) is 3.34. The minimum absolute atomic E-state index is 0.0713. The fourth-order valence-electron chi connectivity index (χ4n) is 6.00. The molecule has 2 aliphatic rings. The molecule has 43 heavy (non-hydrogen) atoms. The highest BCUT2D eigenvalue weighted by Crippen LogP contribution is 2.39. The Morgan fingerprint density at radius 2 is 1.49 bits per heavy atom. The van der Waals surface area contributed by atoms with Crippen molar-refractivity contribution in [2.24, 2.45) is 0 Å². The smallest absolute Gasteiger partial charge is 0.261 e. The van der Waals surface area contributed by atoms with Crippen molar-refractivity contribution in [2.45, 2.75) is 56.6 Å². The van der Waals surface area contributed by atoms with E-state index in [2.05, 4.69) is 46.2 Å². The molecule has 7 nitrogen and oxygen atoms in total. The Morgan fingerprint density at radius 3 is 2.16 bits per heavy atom. The number of nitrogens with zero attached hydrogens (tertiary/aromatic N) is 1. The van der Waals surface area contributed by atoms with Crippen molar-refractivity contribution in [3.8, 4) is 0 Å². The second-order valence-electron chi connectivity index (χ2n) is 11.4. The van der Waals surface area contributed by atoms with Gasteiger partial charge in [0, 0.05) is 41.3 Å². The minimum Gasteiger partial charge on any atom is -0.354 e. The van der Waals surface area contributed by atoms with E-state index in [1.807, 2.05) is 48.5 Å². The summed E-state index contributed by atoms with van der Waals surface area (Å²) in [6.45, 7) is 5.52. The van der Waals surface area contributed by atoms with Gasteiger partial charge in [0.05, 0.1) is 16.2 Å². The molecule has 0 aliphatic carbocycles. The largest absolute Gasteiger partial charge is 0.354 e. The van der Waals surface area contributed by atoms with Crippen molar-refractivity contribution in [1.29, 1.82) is 0 Å². The number of hydrogen-bond acceptors (Lipinski definition) is 5. The quantitative estimate of drug-likeness (QED) is 0.189. The Balaban J connectivity index is 1.34. The highest BCUT2D eigenvalue weighted by Gasteiger charge is 2.30. The number of para-hydroxylation sites is 1. The van der Waals surface area contributed by atoms with Crippen LogP contribution in [0, 0.1) is 0 Å². The second kappa shape index (κ2) is 12.1. The van der Waals surface area contributed by atoms with E-state index >= 15 is 0 Å². The number of fused-ring (bicyclic) bond motifs is 1. The molecule has 0 bridgehead atoms. The molecule has 3 N–H and O–H groups in total. The van der Waals surface area contributed by atoms with Gasteiger partial charge in [-0.05, 0) is 80.3 Å². The van der Waals surface area contributed by atoms with E-state index in [0.29, 0.717) is 40.3 Å². The molecular weight excluding hydrogens is 556 g/mol. The van der Waals surface area contributed by atoms with Crippen LogP contribution in [-0.4, -0.2) is 31.3 Å². The molecule has 4 aromatic rings. The van der Waals surface area contributed by atoms with Gasteiger partial charge in [0.2, 0.25) is 0 Å². The number of benzene rings is 4. The van der Waals surface area contributed by atoms with Gasteiger partial charge < -0.3 is 10.6 Å². The first kappa shape index (κ1) is 28.7. The molecule has 1 fully saturated rings. The SMILES string of the molecule is CC1CCCC(C)N1Cc1ccc(N/C(=C2\C(=O)Nc3ccc(S(=O)(=O)Nc4ccccc4)cc32)c2ccccc2)cc1. The van der Waals surface area contributed by atoms with Gasteiger partial charge in [-0.3, -0.25) is 14.4 Å². The van der Waals surface area contributed by atoms with Gasteiger partial charge >= 0.3 is 0 Å². The summed E-state index contributed by atoms with van der Waals surface area (Å²) < 4.78 is 29.2. The molecule has 1 amide bonds. The van der Waals surface area contributed by atoms with Crippen molar-refractivity contribution in [2.75, 3.05) is 15.4 Å². The summed E-state index contributed by atoms with van der Waals surface area (Å²) in [6, 6.07) is 32.5. The summed E-state index contributed by atoms with van der Waals surface area (Å²) in [5.74, 6) is -0.295. The molecule has 0 saturated carbocycles. The molecule has 0 spiro atoms. The summed E-state index contributed by atoms with van der Waals surface area (Å²) in [7, 11) is -3.89. The molecule has 6 rings (SSSR count). The third kappa shape index (κ3) is 6.21. The highest BCUT2D eigenvalue weighted by atomic mass is 32.2. The zero-order valence-corrected chi connectivity index (χ0v) is 25.2. The van der Waals surface area contributed by atoms with E-state index in [-0.39, 0.29) is 10.8 Å². The maximum absolute atomic E-state index is 13.4. The molecule has 2 heterocycles. The average molecular weight is 593 g/mol. The van der Waals surface area contributed by atoms with Gasteiger partial charge in [0.15, 0.2) is 0 Å². The number of carbonyl (C=O) groups excluding carboxylic acids is 1. The van der Waals surface area contributed by atoms with E-state index in [4.69, 9.17) is 0 Å². The lowest BCUT2D eigenvalue weighted by Crippen LogP contribution is -2.42. The summed E-state index contributed by atoms with van der Waals surface area (Å²) >= 11 is 0. The zero-order valence-electron chi connectivity index (χ0n) is 24.4. The molecule has 0 aromatic heterocycles. The Hall–Kier alpha value is -4.40. The Bertz CT molecular complexity index is 1740. The van der Waals surface area contributed by atoms with Crippen molar-refractivity contribution in [3.05, 3.63) is 120 Å². The predicted molar refractivity (Wildman–Crippen MR) is 174 cm³/mol. The summed E-state index contributed by atoms with van der Waals surface area (Å²) in [4.78, 5) is 16.1. The number of amides is 1. The van der Waals surface area contributed by atoms with Crippen molar-refractivity contribution < 1.29 is 13.2 Å². The van der Waals surface area contributed by atoms with Crippen LogP contribution in [0.25, 0.3) is 11.3 Å². The maximum Gasteiger partial charge on any atom is 0.261 e. The first-order chi connectivity index (χ1) is 20.8. The fraction of sp³-hybridized carbons (Fsp3) is 0.229. The molecular formula is C35H36N4O3S. The van der Waals surface area contributed by atoms with E-state index in [1.165, 1.54) is 30.9 Å². The van der Waals surface area contributed by atoms with Crippen molar-refractivity contribution in [3.63, 3.8) is 0 Å². The second-order valence-corrected chi connectivity index (χ2v) is 13.1. The third-order valence-corrected chi connectivity index (χ3v) is 9.73. The van der Waals surface area contributed by atoms with E-state index in [9.17, 15) is 13.2 Å². The molecule has 2 atom stereocenters. The number of nitrogens with one attached hydrogen (secondary N) is 3. The lowest BCUT2D eigenvalue weighted by atomic mass is 9.96. The zero-order chi connectivity index (χ0) is 30.0. The van der Waals surface area contributed by atoms with Crippen LogP contribution in [0.2, 0.25) is 0 Å². The molecule has 8 heteroatoms. The first-order valence-corrected chi connectivity index (χ1v) is 16.2. The molecule has 2 unspecified atom stereocenters. The minimum atomic E-state index is -3.89. The van der Waals surface area contributed by atoms with Crippen LogP contribution >= 0.6 is 0 Å². The third-order valence-electron chi connectivity index (χ3n) is 8.35. The molecule has 4 aromatic carbocycles. The maximum atomic E-state index is 13.4. The van der Waals surface area contributed by atoms with Crippen LogP contribution in [0.4, 0.5) is 17.1 Å². The topological polar surface area (TPSA) is 90.5 Å². The lowest BCUT2D eigenvalue weighted by molar-refractivity contribution is -0.110. The summed E-state index contributed by atoms with van der Waals surface area (Å²) in [6.07, 6.45) is 3.74. The van der Waals surface area contributed by atoms with Crippen LogP contribution in [0.3, 0.4) is 0 Å². The number of carbonyl (C=O) groups is 1. The van der Waals surface area contributed by atoms with Crippen LogP contribution in [0.1, 0.15) is 49.8 Å². The molecule has 1 saturated heterocycles. The number of sulfonamides is 1. The van der Waals surface area contributed by atoms with Crippen LogP contribution in [0.15, 0.2) is 108 Å². The molecule has 220 valence electrons. The van der Waals surface area contributed by atoms with Gasteiger partial charge in [0.25, 0.3) is 15.9 Å². The van der Waals surface area contributed by atoms with E-state index in [0.717, 1.165) is 17.8 Å². The first-order valence-electron chi connectivity index (χ1n) is 14.7. The summed E-state index contributed by atoms with van der Waals surface area (Å²) in [5.41, 5.74) is 5.44. The van der Waals surface area contributed by atoms with Gasteiger partial charge in [0.1, 0.15) is 0 Å². The van der Waals surface area contributed by atoms with Gasteiger partial charge in [-0.15, -0.1) is 0 Å². The van der Waals surface area contributed by atoms with Crippen molar-refractivity contribution in [1.82, 2.24) is 4.90 Å². The van der Waals surface area contributed by atoms with Gasteiger partial charge in [-0.25, -0.2) is 8.42 Å². The molecule has 0 radical (unpaired) electrons. The number of anilines is 3.